The molecule has 1 radical (unpaired) electrons. The first-order valence-corrected chi connectivity index (χ1v) is 3.96. The van der Waals surface area contributed by atoms with Crippen molar-refractivity contribution in [2.75, 3.05) is 0 Å². The summed E-state index contributed by atoms with van der Waals surface area (Å²) < 4.78 is 1.29. The van der Waals surface area contributed by atoms with Crippen LogP contribution in [0.3, 0.4) is 0 Å². The van der Waals surface area contributed by atoms with E-state index in [0.717, 1.165) is 0 Å². The van der Waals surface area contributed by atoms with E-state index in [1.54, 1.807) is 0 Å². The molecule has 1 rings (SSSR count). The molecule has 0 saturated heterocycles. The Morgan fingerprint density at radius 3 is 2.22 bits per heavy atom. The summed E-state index contributed by atoms with van der Waals surface area (Å²) in [5, 5.41) is 0. The second kappa shape index (κ2) is 3.20. The molecular weight excluding hydrogens is 223 g/mol. The standard InChI is InChI=1S/C8H8I/c1-2-7-3-5-8(9)6-4-7/h2-6H,1H3. The fourth-order valence-electron chi connectivity index (χ4n) is 0.655. The molecule has 0 N–H and O–H groups in total. The summed E-state index contributed by atoms with van der Waals surface area (Å²) in [4.78, 5) is 0. The van der Waals surface area contributed by atoms with Gasteiger partial charge in [0.15, 0.2) is 0 Å². The van der Waals surface area contributed by atoms with E-state index in [2.05, 4.69) is 53.3 Å². The Bertz CT molecular complexity index is 176. The third kappa shape index (κ3) is 1.97. The largest absolute Gasteiger partial charge is 0.0578 e. The molecule has 47 valence electrons. The first-order valence-electron chi connectivity index (χ1n) is 2.88. The molecule has 9 heavy (non-hydrogen) atoms. The average molecular weight is 231 g/mol. The summed E-state index contributed by atoms with van der Waals surface area (Å²) in [6.45, 7) is 2.04. The Morgan fingerprint density at radius 1 is 1.22 bits per heavy atom. The van der Waals surface area contributed by atoms with E-state index in [-0.39, 0.29) is 0 Å². The summed E-state index contributed by atoms with van der Waals surface area (Å²) in [6.07, 6.45) is 2.09. The molecule has 0 heterocycles. The Hall–Kier alpha value is -0.0500. The number of rotatable bonds is 1. The minimum absolute atomic E-state index is 1.29. The van der Waals surface area contributed by atoms with Crippen LogP contribution in [-0.4, -0.2) is 0 Å². The lowest BCUT2D eigenvalue weighted by molar-refractivity contribution is 1.41. The highest BCUT2D eigenvalue weighted by atomic mass is 127. The van der Waals surface area contributed by atoms with Crippen molar-refractivity contribution < 1.29 is 0 Å². The maximum absolute atomic E-state index is 2.30. The zero-order valence-electron chi connectivity index (χ0n) is 5.26. The van der Waals surface area contributed by atoms with Crippen molar-refractivity contribution in [3.63, 3.8) is 0 Å². The van der Waals surface area contributed by atoms with E-state index in [1.807, 2.05) is 6.92 Å². The Morgan fingerprint density at radius 2 is 1.78 bits per heavy atom. The van der Waals surface area contributed by atoms with Crippen LogP contribution >= 0.6 is 22.6 Å². The molecule has 1 heteroatoms. The smallest absolute Gasteiger partial charge is 0.0130 e. The van der Waals surface area contributed by atoms with E-state index >= 15 is 0 Å². The molecule has 0 fully saturated rings. The van der Waals surface area contributed by atoms with Crippen molar-refractivity contribution in [2.45, 2.75) is 6.92 Å². The molecule has 0 aromatic heterocycles. The predicted molar refractivity (Wildman–Crippen MR) is 48.2 cm³/mol. The van der Waals surface area contributed by atoms with E-state index in [0.29, 0.717) is 0 Å². The fourth-order valence-corrected chi connectivity index (χ4v) is 1.01. The zero-order chi connectivity index (χ0) is 6.69. The fraction of sp³-hybridized carbons (Fsp3) is 0.125. The Kier molecular flexibility index (Phi) is 2.51. The summed E-state index contributed by atoms with van der Waals surface area (Å²) in [7, 11) is 0. The molecule has 0 aliphatic heterocycles. The monoisotopic (exact) mass is 231 g/mol. The van der Waals surface area contributed by atoms with Gasteiger partial charge in [-0.05, 0) is 46.7 Å². The topological polar surface area (TPSA) is 0 Å². The van der Waals surface area contributed by atoms with Crippen molar-refractivity contribution in [3.05, 3.63) is 39.8 Å². The van der Waals surface area contributed by atoms with Gasteiger partial charge in [-0.15, -0.1) is 0 Å². The van der Waals surface area contributed by atoms with E-state index < -0.39 is 0 Å². The highest BCUT2D eigenvalue weighted by Gasteiger charge is 1.86. The predicted octanol–water partition coefficient (Wildman–Crippen LogP) is 2.86. The minimum Gasteiger partial charge on any atom is -0.0578 e. The van der Waals surface area contributed by atoms with Gasteiger partial charge in [0.25, 0.3) is 0 Å². The average Bonchev–Trinajstić information content (AvgIpc) is 1.90. The highest BCUT2D eigenvalue weighted by molar-refractivity contribution is 14.1. The van der Waals surface area contributed by atoms with Crippen molar-refractivity contribution in [1.29, 1.82) is 0 Å². The molecule has 0 unspecified atom stereocenters. The second-order valence-corrected chi connectivity index (χ2v) is 3.09. The normalized spacial score (nSPS) is 9.56. The molecule has 0 nitrogen and oxygen atoms in total. The number of hydrogen-bond donors (Lipinski definition) is 0. The van der Waals surface area contributed by atoms with Gasteiger partial charge in [-0.1, -0.05) is 19.1 Å². The lowest BCUT2D eigenvalue weighted by Crippen LogP contribution is -1.75. The van der Waals surface area contributed by atoms with E-state index in [1.165, 1.54) is 9.13 Å². The third-order valence-electron chi connectivity index (χ3n) is 1.20. The number of hydrogen-bond acceptors (Lipinski definition) is 0. The van der Waals surface area contributed by atoms with Gasteiger partial charge in [0, 0.05) is 3.57 Å². The maximum Gasteiger partial charge on any atom is 0.0130 e. The van der Waals surface area contributed by atoms with Crippen molar-refractivity contribution >= 4 is 22.6 Å². The molecule has 0 aliphatic rings. The molecule has 0 amide bonds. The van der Waals surface area contributed by atoms with Gasteiger partial charge in [-0.3, -0.25) is 0 Å². The van der Waals surface area contributed by atoms with E-state index in [9.17, 15) is 0 Å². The number of benzene rings is 1. The van der Waals surface area contributed by atoms with Gasteiger partial charge >= 0.3 is 0 Å². The van der Waals surface area contributed by atoms with Crippen molar-refractivity contribution in [1.82, 2.24) is 0 Å². The quantitative estimate of drug-likeness (QED) is 0.652. The van der Waals surface area contributed by atoms with Crippen molar-refractivity contribution in [2.24, 2.45) is 0 Å². The maximum atomic E-state index is 2.30. The van der Waals surface area contributed by atoms with E-state index in [4.69, 9.17) is 0 Å². The van der Waals surface area contributed by atoms with Crippen LogP contribution < -0.4 is 0 Å². The summed E-state index contributed by atoms with van der Waals surface area (Å²) >= 11 is 2.30. The molecular formula is C8H8I. The first kappa shape index (κ1) is 7.06. The molecule has 0 spiro atoms. The van der Waals surface area contributed by atoms with Crippen molar-refractivity contribution in [3.8, 4) is 0 Å². The Balaban J connectivity index is 2.88. The molecule has 1 aromatic carbocycles. The van der Waals surface area contributed by atoms with Crippen LogP contribution in [0.15, 0.2) is 24.3 Å². The van der Waals surface area contributed by atoms with Gasteiger partial charge in [0.05, 0.1) is 0 Å². The third-order valence-corrected chi connectivity index (χ3v) is 1.92. The molecule has 0 saturated carbocycles. The van der Waals surface area contributed by atoms with Crippen LogP contribution in [0.5, 0.6) is 0 Å². The van der Waals surface area contributed by atoms with Gasteiger partial charge in [0.2, 0.25) is 0 Å². The molecule has 0 bridgehead atoms. The molecule has 1 aromatic rings. The van der Waals surface area contributed by atoms with Gasteiger partial charge in [-0.25, -0.2) is 0 Å². The summed E-state index contributed by atoms with van der Waals surface area (Å²) in [5.74, 6) is 0. The second-order valence-electron chi connectivity index (χ2n) is 1.84. The van der Waals surface area contributed by atoms with Crippen LogP contribution in [0, 0.1) is 9.99 Å². The van der Waals surface area contributed by atoms with Crippen LogP contribution in [0.4, 0.5) is 0 Å². The zero-order valence-corrected chi connectivity index (χ0v) is 7.42. The summed E-state index contributed by atoms with van der Waals surface area (Å²) in [5.41, 5.74) is 1.29. The Labute approximate surface area is 69.4 Å². The highest BCUT2D eigenvalue weighted by Crippen LogP contribution is 2.07. The molecule has 0 atom stereocenters. The molecule has 0 aliphatic carbocycles. The lowest BCUT2D eigenvalue weighted by Gasteiger charge is -1.93. The van der Waals surface area contributed by atoms with Crippen LogP contribution in [0.25, 0.3) is 0 Å². The lowest BCUT2D eigenvalue weighted by atomic mass is 10.2. The van der Waals surface area contributed by atoms with Gasteiger partial charge in [-0.2, -0.15) is 0 Å². The van der Waals surface area contributed by atoms with Gasteiger partial charge in [0.1, 0.15) is 0 Å². The number of halogens is 1. The van der Waals surface area contributed by atoms with Crippen LogP contribution in [0.1, 0.15) is 12.5 Å². The van der Waals surface area contributed by atoms with Crippen LogP contribution in [0.2, 0.25) is 0 Å². The SMILES string of the molecule is C[CH]c1ccc(I)cc1. The minimum atomic E-state index is 1.29. The first-order chi connectivity index (χ1) is 4.33. The van der Waals surface area contributed by atoms with Crippen LogP contribution in [-0.2, 0) is 0 Å². The summed E-state index contributed by atoms with van der Waals surface area (Å²) in [6, 6.07) is 8.44. The van der Waals surface area contributed by atoms with Gasteiger partial charge < -0.3 is 0 Å².